The van der Waals surface area contributed by atoms with Crippen molar-refractivity contribution >= 4 is 97.1 Å². The molecule has 5 aromatic heterocycles. The number of rotatable bonds is 3. The van der Waals surface area contributed by atoms with Crippen LogP contribution in [0.4, 0.5) is 0 Å². The third-order valence-corrected chi connectivity index (χ3v) is 12.0. The summed E-state index contributed by atoms with van der Waals surface area (Å²) in [6, 6.07) is 59.9. The summed E-state index contributed by atoms with van der Waals surface area (Å²) < 4.78 is 9.72. The molecule has 5 heterocycles. The summed E-state index contributed by atoms with van der Waals surface area (Å²) in [5.74, 6) is 0. The Kier molecular flexibility index (Phi) is 5.62. The first kappa shape index (κ1) is 28.1. The van der Waals surface area contributed by atoms with E-state index in [2.05, 4.69) is 176 Å². The minimum Gasteiger partial charge on any atom is -0.309 e. The maximum Gasteiger partial charge on any atom is 0.0888 e. The molecular formula is C47H28N4S. The van der Waals surface area contributed by atoms with Crippen LogP contribution in [0.2, 0.25) is 0 Å². The van der Waals surface area contributed by atoms with Gasteiger partial charge in [-0.25, -0.2) is 0 Å². The molecule has 4 nitrogen and oxygen atoms in total. The number of hydrogen-bond donors (Lipinski definition) is 0. The molecule has 0 unspecified atom stereocenters. The molecule has 12 rings (SSSR count). The van der Waals surface area contributed by atoms with Crippen LogP contribution in [0.5, 0.6) is 0 Å². The van der Waals surface area contributed by atoms with Gasteiger partial charge in [0.1, 0.15) is 0 Å². The first-order valence-electron chi connectivity index (χ1n) is 17.6. The Labute approximate surface area is 301 Å². The maximum atomic E-state index is 4.68. The van der Waals surface area contributed by atoms with E-state index in [9.17, 15) is 0 Å². The fraction of sp³-hybridized carbons (Fsp3) is 0. The Balaban J connectivity index is 1.08. The molecule has 0 bridgehead atoms. The molecule has 0 aliphatic carbocycles. The summed E-state index contributed by atoms with van der Waals surface area (Å²) >= 11 is 1.81. The zero-order chi connectivity index (χ0) is 33.9. The second kappa shape index (κ2) is 10.4. The second-order valence-electron chi connectivity index (χ2n) is 13.6. The van der Waals surface area contributed by atoms with Gasteiger partial charge in [0, 0.05) is 65.7 Å². The predicted molar refractivity (Wildman–Crippen MR) is 220 cm³/mol. The Morgan fingerprint density at radius 2 is 0.750 bits per heavy atom. The van der Waals surface area contributed by atoms with Gasteiger partial charge in [0.05, 0.1) is 43.3 Å². The van der Waals surface area contributed by atoms with Crippen LogP contribution < -0.4 is 0 Å². The van der Waals surface area contributed by atoms with Gasteiger partial charge in [-0.05, 0) is 91.0 Å². The molecule has 0 spiro atoms. The summed E-state index contributed by atoms with van der Waals surface area (Å²) in [5.41, 5.74) is 11.8. The molecule has 0 saturated carbocycles. The number of thiophene rings is 1. The van der Waals surface area contributed by atoms with Crippen molar-refractivity contribution < 1.29 is 0 Å². The molecule has 0 aliphatic rings. The van der Waals surface area contributed by atoms with Crippen LogP contribution in [0.15, 0.2) is 170 Å². The molecule has 0 radical (unpaired) electrons. The fourth-order valence-corrected chi connectivity index (χ4v) is 9.78. The Morgan fingerprint density at radius 3 is 1.27 bits per heavy atom. The molecule has 5 heteroatoms. The minimum absolute atomic E-state index is 1.08. The molecule has 0 N–H and O–H groups in total. The van der Waals surface area contributed by atoms with Gasteiger partial charge in [-0.15, -0.1) is 11.3 Å². The van der Waals surface area contributed by atoms with Gasteiger partial charge in [0.25, 0.3) is 0 Å². The van der Waals surface area contributed by atoms with Crippen LogP contribution >= 0.6 is 11.3 Å². The molecule has 7 aromatic carbocycles. The second-order valence-corrected chi connectivity index (χ2v) is 14.7. The van der Waals surface area contributed by atoms with Crippen molar-refractivity contribution in [1.29, 1.82) is 0 Å². The van der Waals surface area contributed by atoms with Crippen LogP contribution in [0.25, 0.3) is 103 Å². The lowest BCUT2D eigenvalue weighted by Gasteiger charge is -2.11. The van der Waals surface area contributed by atoms with E-state index in [1.807, 2.05) is 12.3 Å². The standard InChI is InChI=1S/C47H28N4S/c1-5-14-39-32(10-1)33-11-2-6-15-40(33)49(39)29-20-23-43-37(26-29)34-12-3-7-16-41(34)50(43)30-21-24-44-38(27-30)35-13-4-8-17-42(35)51(44)31-19-22-36-46(28-31)52-45-18-9-25-48-47(36)45/h1-28H. The molecule has 52 heavy (non-hydrogen) atoms. The van der Waals surface area contributed by atoms with Crippen molar-refractivity contribution in [3.8, 4) is 17.1 Å². The lowest BCUT2D eigenvalue weighted by atomic mass is 10.1. The molecule has 0 saturated heterocycles. The van der Waals surface area contributed by atoms with Gasteiger partial charge in [-0.1, -0.05) is 72.8 Å². The fourth-order valence-electron chi connectivity index (χ4n) is 8.68. The summed E-state index contributed by atoms with van der Waals surface area (Å²) in [4.78, 5) is 4.68. The highest BCUT2D eigenvalue weighted by Gasteiger charge is 2.19. The topological polar surface area (TPSA) is 27.7 Å². The maximum absolute atomic E-state index is 4.68. The van der Waals surface area contributed by atoms with Gasteiger partial charge in [-0.2, -0.15) is 0 Å². The lowest BCUT2D eigenvalue weighted by Crippen LogP contribution is -1.96. The average molecular weight is 681 g/mol. The summed E-state index contributed by atoms with van der Waals surface area (Å²) in [6.07, 6.45) is 1.88. The Hall–Kier alpha value is -6.69. The monoisotopic (exact) mass is 680 g/mol. The molecule has 0 amide bonds. The highest BCUT2D eigenvalue weighted by molar-refractivity contribution is 7.25. The van der Waals surface area contributed by atoms with Crippen molar-refractivity contribution in [2.24, 2.45) is 0 Å². The number of benzene rings is 7. The van der Waals surface area contributed by atoms with E-state index >= 15 is 0 Å². The summed E-state index contributed by atoms with van der Waals surface area (Å²) in [6.45, 7) is 0. The van der Waals surface area contributed by atoms with Crippen molar-refractivity contribution in [1.82, 2.24) is 18.7 Å². The van der Waals surface area contributed by atoms with E-state index in [-0.39, 0.29) is 0 Å². The van der Waals surface area contributed by atoms with Crippen LogP contribution in [-0.4, -0.2) is 18.7 Å². The van der Waals surface area contributed by atoms with Crippen LogP contribution in [0, 0.1) is 0 Å². The van der Waals surface area contributed by atoms with Crippen LogP contribution in [-0.2, 0) is 0 Å². The van der Waals surface area contributed by atoms with Crippen LogP contribution in [0.3, 0.4) is 0 Å². The van der Waals surface area contributed by atoms with Crippen molar-refractivity contribution in [3.63, 3.8) is 0 Å². The molecule has 0 atom stereocenters. The van der Waals surface area contributed by atoms with Crippen molar-refractivity contribution in [2.75, 3.05) is 0 Å². The van der Waals surface area contributed by atoms with E-state index in [1.54, 1.807) is 11.3 Å². The first-order valence-corrected chi connectivity index (χ1v) is 18.4. The normalized spacial score (nSPS) is 12.2. The molecule has 242 valence electrons. The summed E-state index contributed by atoms with van der Waals surface area (Å²) in [7, 11) is 0. The lowest BCUT2D eigenvalue weighted by molar-refractivity contribution is 1.16. The molecular weight excluding hydrogens is 653 g/mol. The quantitative estimate of drug-likeness (QED) is 0.182. The van der Waals surface area contributed by atoms with Crippen molar-refractivity contribution in [3.05, 3.63) is 170 Å². The summed E-state index contributed by atoms with van der Waals surface area (Å²) in [5, 5.41) is 8.71. The third-order valence-electron chi connectivity index (χ3n) is 10.9. The molecule has 12 aromatic rings. The van der Waals surface area contributed by atoms with E-state index < -0.39 is 0 Å². The highest BCUT2D eigenvalue weighted by atomic mass is 32.1. The van der Waals surface area contributed by atoms with Crippen molar-refractivity contribution in [2.45, 2.75) is 0 Å². The number of pyridine rings is 1. The predicted octanol–water partition coefficient (Wildman–Crippen LogP) is 12.7. The van der Waals surface area contributed by atoms with E-state index in [0.29, 0.717) is 0 Å². The molecule has 0 aliphatic heterocycles. The number of aromatic nitrogens is 4. The van der Waals surface area contributed by atoms with Gasteiger partial charge in [0.15, 0.2) is 0 Å². The molecule has 0 fully saturated rings. The zero-order valence-corrected chi connectivity index (χ0v) is 28.7. The van der Waals surface area contributed by atoms with Gasteiger partial charge in [0.2, 0.25) is 0 Å². The zero-order valence-electron chi connectivity index (χ0n) is 27.9. The number of nitrogens with zero attached hydrogens (tertiary/aromatic N) is 4. The SMILES string of the molecule is c1cnc2c(c1)sc1cc(-n3c4ccccc4c4cc(-n5c6ccccc6c6cc(-n7c8ccccc8c8ccccc87)ccc65)ccc43)ccc12. The van der Waals surface area contributed by atoms with Gasteiger partial charge >= 0.3 is 0 Å². The Morgan fingerprint density at radius 1 is 0.327 bits per heavy atom. The van der Waals surface area contributed by atoms with E-state index in [4.69, 9.17) is 0 Å². The van der Waals surface area contributed by atoms with E-state index in [0.717, 1.165) is 22.6 Å². The Bertz CT molecular complexity index is 3370. The van der Waals surface area contributed by atoms with Gasteiger partial charge < -0.3 is 13.7 Å². The minimum atomic E-state index is 1.08. The van der Waals surface area contributed by atoms with E-state index in [1.165, 1.54) is 80.2 Å². The largest absolute Gasteiger partial charge is 0.309 e. The average Bonchev–Trinajstić information content (AvgIpc) is 3.93. The number of fused-ring (bicyclic) bond motifs is 12. The first-order chi connectivity index (χ1) is 25.8. The number of para-hydroxylation sites is 4. The highest BCUT2D eigenvalue weighted by Crippen LogP contribution is 2.40. The number of hydrogen-bond acceptors (Lipinski definition) is 2. The van der Waals surface area contributed by atoms with Crippen LogP contribution in [0.1, 0.15) is 0 Å². The smallest absolute Gasteiger partial charge is 0.0888 e. The van der Waals surface area contributed by atoms with Gasteiger partial charge in [-0.3, -0.25) is 4.98 Å². The third kappa shape index (κ3) is 3.78.